The predicted octanol–water partition coefficient (Wildman–Crippen LogP) is -2.58. The largest absolute Gasteiger partial charge is 0.480 e. The molecule has 0 aliphatic rings. The van der Waals surface area contributed by atoms with Gasteiger partial charge in [-0.25, -0.2) is 4.79 Å². The molecule has 0 aromatic rings. The highest BCUT2D eigenvalue weighted by atomic mass is 16.4. The summed E-state index contributed by atoms with van der Waals surface area (Å²) in [5.74, 6) is -5.44. The second-order valence-electron chi connectivity index (χ2n) is 7.46. The number of primary amides is 1. The maximum atomic E-state index is 12.7. The molecule has 0 fully saturated rings. The van der Waals surface area contributed by atoms with Gasteiger partial charge in [0, 0.05) is 0 Å². The Bertz CT molecular complexity index is 640. The minimum Gasteiger partial charge on any atom is -0.480 e. The predicted molar refractivity (Wildman–Crippen MR) is 107 cm³/mol. The lowest BCUT2D eigenvalue weighted by molar-refractivity contribution is -0.144. The van der Waals surface area contributed by atoms with Crippen LogP contribution in [-0.2, 0) is 24.0 Å². The first-order valence-electron chi connectivity index (χ1n) is 9.64. The number of carboxylic acids is 1. The Balaban J connectivity index is 5.48. The number of carbonyl (C=O) groups is 5. The van der Waals surface area contributed by atoms with Crippen molar-refractivity contribution in [3.8, 4) is 0 Å². The summed E-state index contributed by atoms with van der Waals surface area (Å²) in [6.45, 7) is 6.01. The zero-order chi connectivity index (χ0) is 23.6. The van der Waals surface area contributed by atoms with Gasteiger partial charge in [-0.2, -0.15) is 0 Å². The molecule has 172 valence electrons. The van der Waals surface area contributed by atoms with Gasteiger partial charge in [-0.1, -0.05) is 34.1 Å². The molecule has 4 amide bonds. The first-order chi connectivity index (χ1) is 13.8. The van der Waals surface area contributed by atoms with Gasteiger partial charge >= 0.3 is 5.97 Å². The molecule has 0 rings (SSSR count). The van der Waals surface area contributed by atoms with Gasteiger partial charge in [0.1, 0.15) is 24.2 Å². The van der Waals surface area contributed by atoms with Crippen LogP contribution in [0.3, 0.4) is 0 Å². The molecule has 12 heteroatoms. The van der Waals surface area contributed by atoms with Crippen LogP contribution in [0.5, 0.6) is 0 Å². The van der Waals surface area contributed by atoms with E-state index < -0.39 is 78.6 Å². The normalized spacial score (nSPS) is 16.0. The van der Waals surface area contributed by atoms with Crippen molar-refractivity contribution in [2.75, 3.05) is 6.61 Å². The van der Waals surface area contributed by atoms with Crippen LogP contribution in [0.25, 0.3) is 0 Å². The molecule has 0 heterocycles. The number of nitrogens with two attached hydrogens (primary N) is 2. The number of hydrogen-bond donors (Lipinski definition) is 7. The van der Waals surface area contributed by atoms with Crippen LogP contribution in [0.4, 0.5) is 0 Å². The van der Waals surface area contributed by atoms with E-state index in [0.29, 0.717) is 6.42 Å². The van der Waals surface area contributed by atoms with Crippen LogP contribution in [0.15, 0.2) is 0 Å². The molecule has 0 saturated heterocycles. The van der Waals surface area contributed by atoms with E-state index in [9.17, 15) is 29.1 Å². The van der Waals surface area contributed by atoms with Crippen molar-refractivity contribution in [2.45, 2.75) is 64.7 Å². The smallest absolute Gasteiger partial charge is 0.326 e. The van der Waals surface area contributed by atoms with Crippen molar-refractivity contribution in [3.05, 3.63) is 0 Å². The van der Waals surface area contributed by atoms with Crippen LogP contribution in [0.2, 0.25) is 0 Å². The Labute approximate surface area is 175 Å². The van der Waals surface area contributed by atoms with Gasteiger partial charge in [-0.3, -0.25) is 19.2 Å². The average Bonchev–Trinajstić information content (AvgIpc) is 2.66. The van der Waals surface area contributed by atoms with E-state index in [1.54, 1.807) is 27.7 Å². The highest BCUT2D eigenvalue weighted by molar-refractivity contribution is 5.96. The molecule has 30 heavy (non-hydrogen) atoms. The van der Waals surface area contributed by atoms with E-state index >= 15 is 0 Å². The molecular formula is C18H33N5O7. The summed E-state index contributed by atoms with van der Waals surface area (Å²) in [6, 6.07) is -5.03. The first-order valence-corrected chi connectivity index (χ1v) is 9.64. The highest BCUT2D eigenvalue weighted by Gasteiger charge is 2.33. The minimum absolute atomic E-state index is 0.404. The number of aliphatic carboxylic acids is 1. The summed E-state index contributed by atoms with van der Waals surface area (Å²) >= 11 is 0. The quantitative estimate of drug-likeness (QED) is 0.164. The second-order valence-corrected chi connectivity index (χ2v) is 7.46. The third-order valence-electron chi connectivity index (χ3n) is 4.60. The lowest BCUT2D eigenvalue weighted by Gasteiger charge is -2.27. The van der Waals surface area contributed by atoms with Gasteiger partial charge in [0.2, 0.25) is 23.6 Å². The van der Waals surface area contributed by atoms with Gasteiger partial charge < -0.3 is 37.6 Å². The van der Waals surface area contributed by atoms with Crippen molar-refractivity contribution in [1.29, 1.82) is 0 Å². The standard InChI is InChI=1S/C18H33N5O7/c1-5-9(4)14(18(29)30)23-16(27)11(6-12(20)25)21-17(28)13(8(2)3)22-15(26)10(19)7-24/h8-11,13-14,24H,5-7,19H2,1-4H3,(H2,20,25)(H,21,28)(H,22,26)(H,23,27)(H,29,30). The molecule has 0 saturated carbocycles. The van der Waals surface area contributed by atoms with Crippen LogP contribution in [0, 0.1) is 11.8 Å². The van der Waals surface area contributed by atoms with E-state index in [1.165, 1.54) is 0 Å². The summed E-state index contributed by atoms with van der Waals surface area (Å²) in [4.78, 5) is 60.0. The van der Waals surface area contributed by atoms with Crippen molar-refractivity contribution in [2.24, 2.45) is 23.3 Å². The molecule has 0 bridgehead atoms. The highest BCUT2D eigenvalue weighted by Crippen LogP contribution is 2.09. The van der Waals surface area contributed by atoms with Crippen LogP contribution in [0.1, 0.15) is 40.5 Å². The number of aliphatic hydroxyl groups excluding tert-OH is 1. The van der Waals surface area contributed by atoms with Crippen LogP contribution < -0.4 is 27.4 Å². The van der Waals surface area contributed by atoms with E-state index in [4.69, 9.17) is 16.6 Å². The van der Waals surface area contributed by atoms with Crippen LogP contribution >= 0.6 is 0 Å². The summed E-state index contributed by atoms with van der Waals surface area (Å²) < 4.78 is 0. The molecule has 0 radical (unpaired) electrons. The molecule has 0 aliphatic heterocycles. The van der Waals surface area contributed by atoms with Gasteiger partial charge in [0.15, 0.2) is 0 Å². The van der Waals surface area contributed by atoms with Gasteiger partial charge in [-0.15, -0.1) is 0 Å². The van der Waals surface area contributed by atoms with Crippen molar-refractivity contribution in [1.82, 2.24) is 16.0 Å². The molecule has 0 aromatic heterocycles. The lowest BCUT2D eigenvalue weighted by Crippen LogP contribution is -2.59. The Morgan fingerprint density at radius 3 is 1.83 bits per heavy atom. The molecule has 5 atom stereocenters. The zero-order valence-corrected chi connectivity index (χ0v) is 17.7. The third kappa shape index (κ3) is 8.74. The molecule has 12 nitrogen and oxygen atoms in total. The molecule has 0 spiro atoms. The number of carboxylic acid groups (broad SMARTS) is 1. The second kappa shape index (κ2) is 12.8. The SMILES string of the molecule is CCC(C)C(NC(=O)C(CC(N)=O)NC(=O)C(NC(=O)C(N)CO)C(C)C)C(=O)O. The Hall–Kier alpha value is -2.73. The fourth-order valence-corrected chi connectivity index (χ4v) is 2.49. The fourth-order valence-electron chi connectivity index (χ4n) is 2.49. The number of nitrogens with one attached hydrogen (secondary N) is 3. The van der Waals surface area contributed by atoms with E-state index in [2.05, 4.69) is 16.0 Å². The summed E-state index contributed by atoms with van der Waals surface area (Å²) in [5, 5.41) is 25.3. The number of aliphatic hydroxyl groups is 1. The molecule has 9 N–H and O–H groups in total. The van der Waals surface area contributed by atoms with Gasteiger partial charge in [0.05, 0.1) is 13.0 Å². The van der Waals surface area contributed by atoms with E-state index in [1.807, 2.05) is 0 Å². The Morgan fingerprint density at radius 1 is 0.900 bits per heavy atom. The number of rotatable bonds is 13. The number of hydrogen-bond acceptors (Lipinski definition) is 7. The van der Waals surface area contributed by atoms with Crippen molar-refractivity contribution < 1.29 is 34.2 Å². The van der Waals surface area contributed by atoms with Crippen LogP contribution in [-0.4, -0.2) is 70.6 Å². The molecular weight excluding hydrogens is 398 g/mol. The van der Waals surface area contributed by atoms with E-state index in [-0.39, 0.29) is 0 Å². The summed E-state index contributed by atoms with van der Waals surface area (Å²) in [5.41, 5.74) is 10.6. The van der Waals surface area contributed by atoms with Gasteiger partial charge in [-0.05, 0) is 11.8 Å². The van der Waals surface area contributed by atoms with Crippen molar-refractivity contribution in [3.63, 3.8) is 0 Å². The Morgan fingerprint density at radius 2 is 1.43 bits per heavy atom. The van der Waals surface area contributed by atoms with Crippen molar-refractivity contribution >= 4 is 29.6 Å². The Kier molecular flexibility index (Phi) is 11.6. The monoisotopic (exact) mass is 431 g/mol. The zero-order valence-electron chi connectivity index (χ0n) is 17.7. The number of amides is 4. The third-order valence-corrected chi connectivity index (χ3v) is 4.60. The molecule has 0 aliphatic carbocycles. The van der Waals surface area contributed by atoms with E-state index in [0.717, 1.165) is 0 Å². The minimum atomic E-state index is -1.44. The lowest BCUT2D eigenvalue weighted by atomic mass is 9.98. The first kappa shape index (κ1) is 27.3. The average molecular weight is 431 g/mol. The molecule has 0 aromatic carbocycles. The number of carbonyl (C=O) groups excluding carboxylic acids is 4. The topological polar surface area (TPSA) is 214 Å². The maximum Gasteiger partial charge on any atom is 0.326 e. The molecule has 5 unspecified atom stereocenters. The van der Waals surface area contributed by atoms with Gasteiger partial charge in [0.25, 0.3) is 0 Å². The fraction of sp³-hybridized carbons (Fsp3) is 0.722. The maximum absolute atomic E-state index is 12.7. The summed E-state index contributed by atoms with van der Waals surface area (Å²) in [7, 11) is 0. The summed E-state index contributed by atoms with van der Waals surface area (Å²) in [6.07, 6.45) is -0.101.